The van der Waals surface area contributed by atoms with Gasteiger partial charge in [-0.05, 0) is 56.9 Å². The molecular formula is C28H37N3O8S. The topological polar surface area (TPSA) is 151 Å². The van der Waals surface area contributed by atoms with Crippen LogP contribution < -0.4 is 10.0 Å². The van der Waals surface area contributed by atoms with Gasteiger partial charge in [-0.25, -0.2) is 17.9 Å². The Balaban J connectivity index is 1.73. The first-order chi connectivity index (χ1) is 18.8. The first-order valence-electron chi connectivity index (χ1n) is 13.0. The fourth-order valence-corrected chi connectivity index (χ4v) is 5.94. The van der Waals surface area contributed by atoms with E-state index in [-0.39, 0.29) is 38.1 Å². The molecule has 1 fully saturated rings. The minimum Gasteiger partial charge on any atom is -0.508 e. The predicted octanol–water partition coefficient (Wildman–Crippen LogP) is 2.13. The molecule has 1 saturated heterocycles. The van der Waals surface area contributed by atoms with E-state index in [0.717, 1.165) is 5.56 Å². The molecule has 0 aromatic heterocycles. The Morgan fingerprint density at radius 2 is 1.60 bits per heavy atom. The first kappa shape index (κ1) is 30.9. The average Bonchev–Trinajstić information content (AvgIpc) is 3.39. The number of hydrogen-bond donors (Lipinski definition) is 3. The van der Waals surface area contributed by atoms with Crippen LogP contribution in [0, 0.1) is 0 Å². The lowest BCUT2D eigenvalue weighted by Gasteiger charge is -2.26. The van der Waals surface area contributed by atoms with E-state index in [1.54, 1.807) is 57.2 Å². The Morgan fingerprint density at radius 1 is 1.00 bits per heavy atom. The number of methoxy groups -OCH3 is 1. The fraction of sp³-hybridized carbons (Fsp3) is 0.464. The Morgan fingerprint density at radius 3 is 2.20 bits per heavy atom. The summed E-state index contributed by atoms with van der Waals surface area (Å²) in [4.78, 5) is 39.8. The minimum absolute atomic E-state index is 0.0596. The molecule has 0 radical (unpaired) electrons. The maximum Gasteiger partial charge on any atom is 0.408 e. The summed E-state index contributed by atoms with van der Waals surface area (Å²) in [5, 5.41) is 11.2. The average molecular weight is 576 g/mol. The molecule has 0 bridgehead atoms. The number of likely N-dealkylation sites (tertiary alicyclic amines) is 1. The highest BCUT2D eigenvalue weighted by atomic mass is 32.2. The lowest BCUT2D eigenvalue weighted by Crippen LogP contribution is -2.51. The molecule has 2 aromatic rings. The van der Waals surface area contributed by atoms with Gasteiger partial charge in [0.1, 0.15) is 23.4 Å². The van der Waals surface area contributed by atoms with Crippen LogP contribution in [0.5, 0.6) is 5.75 Å². The normalized spacial score (nSPS) is 17.1. The number of nitrogens with one attached hydrogen (secondary N) is 2. The monoisotopic (exact) mass is 575 g/mol. The molecule has 11 nitrogen and oxygen atoms in total. The Hall–Kier alpha value is -3.64. The number of carbonyl (C=O) groups is 3. The lowest BCUT2D eigenvalue weighted by atomic mass is 10.0. The van der Waals surface area contributed by atoms with E-state index in [1.807, 2.05) is 6.07 Å². The van der Waals surface area contributed by atoms with Crippen molar-refractivity contribution in [1.82, 2.24) is 14.9 Å². The fourth-order valence-electron chi connectivity index (χ4n) is 4.38. The van der Waals surface area contributed by atoms with Gasteiger partial charge in [0.15, 0.2) is 0 Å². The molecule has 0 aliphatic carbocycles. The summed E-state index contributed by atoms with van der Waals surface area (Å²) in [5.41, 5.74) is 0.651. The van der Waals surface area contributed by atoms with Gasteiger partial charge in [0.05, 0.1) is 12.4 Å². The Kier molecular flexibility index (Phi) is 10.2. The second-order valence-corrected chi connectivity index (χ2v) is 12.7. The summed E-state index contributed by atoms with van der Waals surface area (Å²) >= 11 is 0. The van der Waals surface area contributed by atoms with Crippen LogP contribution in [0.1, 0.15) is 38.3 Å². The van der Waals surface area contributed by atoms with E-state index in [1.165, 1.54) is 24.1 Å². The molecule has 2 aromatic carbocycles. The van der Waals surface area contributed by atoms with E-state index in [9.17, 15) is 27.9 Å². The van der Waals surface area contributed by atoms with Gasteiger partial charge in [0, 0.05) is 19.5 Å². The SMILES string of the molecule is COC(=O)[C@H](Cc1ccccc1)NS(=O)(=O)[C@H]1CCN(C(=O)[C@H](Cc2ccc(O)cc2)NC(=O)OC(C)(C)C)C1. The zero-order valence-electron chi connectivity index (χ0n) is 23.1. The molecule has 3 atom stereocenters. The zero-order chi connectivity index (χ0) is 29.5. The number of rotatable bonds is 10. The number of sulfonamides is 1. The first-order valence-corrected chi connectivity index (χ1v) is 14.5. The van der Waals surface area contributed by atoms with Crippen LogP contribution in [0.3, 0.4) is 0 Å². The smallest absolute Gasteiger partial charge is 0.408 e. The van der Waals surface area contributed by atoms with Crippen molar-refractivity contribution in [2.24, 2.45) is 0 Å². The number of hydrogen-bond acceptors (Lipinski definition) is 8. The van der Waals surface area contributed by atoms with Crippen molar-refractivity contribution in [2.45, 2.75) is 63.0 Å². The summed E-state index contributed by atoms with van der Waals surface area (Å²) in [6.07, 6.45) is -0.419. The number of carbonyl (C=O) groups excluding carboxylic acids is 3. The van der Waals surface area contributed by atoms with Crippen molar-refractivity contribution in [1.29, 1.82) is 0 Å². The maximum absolute atomic E-state index is 13.5. The van der Waals surface area contributed by atoms with E-state index in [4.69, 9.17) is 9.47 Å². The second-order valence-electron chi connectivity index (χ2n) is 10.7. The molecule has 1 heterocycles. The van der Waals surface area contributed by atoms with Crippen molar-refractivity contribution in [3.8, 4) is 5.75 Å². The second kappa shape index (κ2) is 13.1. The largest absolute Gasteiger partial charge is 0.508 e. The van der Waals surface area contributed by atoms with Gasteiger partial charge in [0.25, 0.3) is 0 Å². The molecule has 40 heavy (non-hydrogen) atoms. The third-order valence-corrected chi connectivity index (χ3v) is 8.21. The highest BCUT2D eigenvalue weighted by Crippen LogP contribution is 2.20. The van der Waals surface area contributed by atoms with E-state index in [0.29, 0.717) is 5.56 Å². The van der Waals surface area contributed by atoms with Crippen LogP contribution in [0.2, 0.25) is 0 Å². The highest BCUT2D eigenvalue weighted by Gasteiger charge is 2.40. The number of alkyl carbamates (subject to hydrolysis) is 1. The van der Waals surface area contributed by atoms with Crippen LogP contribution in [-0.2, 0) is 41.9 Å². The molecule has 0 unspecified atom stereocenters. The summed E-state index contributed by atoms with van der Waals surface area (Å²) in [5.74, 6) is -1.12. The van der Waals surface area contributed by atoms with Crippen LogP contribution in [0.15, 0.2) is 54.6 Å². The van der Waals surface area contributed by atoms with Crippen LogP contribution >= 0.6 is 0 Å². The van der Waals surface area contributed by atoms with Crippen molar-refractivity contribution in [3.05, 3.63) is 65.7 Å². The number of ether oxygens (including phenoxy) is 2. The van der Waals surface area contributed by atoms with Gasteiger partial charge in [-0.1, -0.05) is 42.5 Å². The molecule has 218 valence electrons. The quantitative estimate of drug-likeness (QED) is 0.365. The van der Waals surface area contributed by atoms with Gasteiger partial charge >= 0.3 is 12.1 Å². The standard InChI is InChI=1S/C28H37N3O8S/c1-28(2,3)39-27(35)29-23(16-20-10-12-21(32)13-11-20)25(33)31-15-14-22(18-31)40(36,37)30-24(26(34)38-4)17-19-8-6-5-7-9-19/h5-13,22-24,30,32H,14-18H2,1-4H3,(H,29,35)/t22-,23-,24-/m0/s1. The summed E-state index contributed by atoms with van der Waals surface area (Å²) in [6.45, 7) is 5.13. The molecule has 12 heteroatoms. The van der Waals surface area contributed by atoms with Crippen LogP contribution in [0.4, 0.5) is 4.79 Å². The number of amides is 2. The summed E-state index contributed by atoms with van der Waals surface area (Å²) < 4.78 is 39.2. The van der Waals surface area contributed by atoms with Crippen molar-refractivity contribution < 1.29 is 37.4 Å². The van der Waals surface area contributed by atoms with Gasteiger partial charge in [0.2, 0.25) is 15.9 Å². The number of esters is 1. The van der Waals surface area contributed by atoms with Crippen molar-refractivity contribution >= 4 is 28.0 Å². The Labute approximate surface area is 234 Å². The number of phenolic OH excluding ortho intramolecular Hbond substituents is 1. The number of aromatic hydroxyl groups is 1. The summed E-state index contributed by atoms with van der Waals surface area (Å²) in [6, 6.07) is 13.0. The maximum atomic E-state index is 13.5. The van der Waals surface area contributed by atoms with E-state index < -0.39 is 50.9 Å². The highest BCUT2D eigenvalue weighted by molar-refractivity contribution is 7.90. The van der Waals surface area contributed by atoms with Gasteiger partial charge in [-0.3, -0.25) is 9.59 Å². The van der Waals surface area contributed by atoms with Crippen molar-refractivity contribution in [2.75, 3.05) is 20.2 Å². The molecule has 2 amide bonds. The van der Waals surface area contributed by atoms with Gasteiger partial charge < -0.3 is 24.8 Å². The molecule has 0 spiro atoms. The third kappa shape index (κ3) is 8.95. The molecule has 1 aliphatic rings. The molecular weight excluding hydrogens is 538 g/mol. The molecule has 3 N–H and O–H groups in total. The predicted molar refractivity (Wildman–Crippen MR) is 148 cm³/mol. The molecule has 0 saturated carbocycles. The van der Waals surface area contributed by atoms with E-state index >= 15 is 0 Å². The van der Waals surface area contributed by atoms with Crippen molar-refractivity contribution in [3.63, 3.8) is 0 Å². The lowest BCUT2D eigenvalue weighted by molar-refractivity contribution is -0.142. The van der Waals surface area contributed by atoms with Gasteiger partial charge in [-0.15, -0.1) is 0 Å². The zero-order valence-corrected chi connectivity index (χ0v) is 23.9. The number of nitrogens with zero attached hydrogens (tertiary/aromatic N) is 1. The van der Waals surface area contributed by atoms with E-state index in [2.05, 4.69) is 10.0 Å². The number of phenols is 1. The van der Waals surface area contributed by atoms with Gasteiger partial charge in [-0.2, -0.15) is 0 Å². The minimum atomic E-state index is -4.02. The third-order valence-electron chi connectivity index (χ3n) is 6.34. The van der Waals surface area contributed by atoms with Crippen LogP contribution in [-0.4, -0.2) is 79.5 Å². The summed E-state index contributed by atoms with van der Waals surface area (Å²) in [7, 11) is -2.83. The Bertz CT molecular complexity index is 1280. The molecule has 3 rings (SSSR count). The van der Waals surface area contributed by atoms with Crippen LogP contribution in [0.25, 0.3) is 0 Å². The number of benzene rings is 2. The molecule has 1 aliphatic heterocycles.